The van der Waals surface area contributed by atoms with Gasteiger partial charge in [0.15, 0.2) is 5.75 Å². The highest BCUT2D eigenvalue weighted by atomic mass is 35.7. The molecule has 1 aliphatic rings. The first-order valence-corrected chi connectivity index (χ1v) is 8.81. The minimum atomic E-state index is -3.96. The normalized spacial score (nSPS) is 20.0. The Morgan fingerprint density at radius 2 is 2.00 bits per heavy atom. The number of methoxy groups -OCH3 is 1. The average Bonchev–Trinajstić information content (AvgIpc) is 2.97. The molecule has 7 heteroatoms. The highest BCUT2D eigenvalue weighted by Crippen LogP contribution is 2.52. The number of ether oxygens (including phenoxy) is 1. The predicted octanol–water partition coefficient (Wildman–Crippen LogP) is 2.92. The topological polar surface area (TPSA) is 72.5 Å². The van der Waals surface area contributed by atoms with Crippen molar-refractivity contribution in [2.75, 3.05) is 12.4 Å². The largest absolute Gasteiger partial charge is 0.493 e. The van der Waals surface area contributed by atoms with Gasteiger partial charge in [0.25, 0.3) is 9.05 Å². The molecule has 0 bridgehead atoms. The molecule has 0 saturated heterocycles. The molecule has 1 aliphatic carbocycles. The maximum absolute atomic E-state index is 12.2. The van der Waals surface area contributed by atoms with Gasteiger partial charge in [-0.1, -0.05) is 13.8 Å². The molecule has 1 N–H and O–H groups in total. The summed E-state index contributed by atoms with van der Waals surface area (Å²) in [7, 11) is 2.81. The second-order valence-corrected chi connectivity index (χ2v) is 8.55. The van der Waals surface area contributed by atoms with E-state index >= 15 is 0 Å². The van der Waals surface area contributed by atoms with Gasteiger partial charge in [-0.3, -0.25) is 4.79 Å². The monoisotopic (exact) mass is 331 g/mol. The lowest BCUT2D eigenvalue weighted by molar-refractivity contribution is -0.118. The second-order valence-electron chi connectivity index (χ2n) is 6.02. The molecule has 0 radical (unpaired) electrons. The lowest BCUT2D eigenvalue weighted by atomic mass is 10.1. The minimum Gasteiger partial charge on any atom is -0.493 e. The molecule has 1 atom stereocenters. The summed E-state index contributed by atoms with van der Waals surface area (Å²) in [5, 5.41) is 2.75. The van der Waals surface area contributed by atoms with Crippen molar-refractivity contribution in [2.24, 2.45) is 11.3 Å². The van der Waals surface area contributed by atoms with Crippen LogP contribution < -0.4 is 10.1 Å². The van der Waals surface area contributed by atoms with Crippen LogP contribution in [0, 0.1) is 18.3 Å². The molecule has 21 heavy (non-hydrogen) atoms. The van der Waals surface area contributed by atoms with E-state index in [0.29, 0.717) is 11.3 Å². The number of carbonyl (C=O) groups excluding carboxylic acids is 1. The van der Waals surface area contributed by atoms with Crippen LogP contribution in [0.1, 0.15) is 25.8 Å². The van der Waals surface area contributed by atoms with Crippen molar-refractivity contribution in [3.63, 3.8) is 0 Å². The van der Waals surface area contributed by atoms with Crippen LogP contribution >= 0.6 is 10.7 Å². The van der Waals surface area contributed by atoms with Crippen LogP contribution in [0.5, 0.6) is 5.75 Å². The Balaban J connectivity index is 2.40. The predicted molar refractivity (Wildman–Crippen MR) is 81.3 cm³/mol. The van der Waals surface area contributed by atoms with Gasteiger partial charge in [-0.05, 0) is 36.5 Å². The van der Waals surface area contributed by atoms with E-state index in [1.807, 2.05) is 13.8 Å². The maximum atomic E-state index is 12.2. The van der Waals surface area contributed by atoms with E-state index in [1.54, 1.807) is 13.0 Å². The second kappa shape index (κ2) is 5.18. The summed E-state index contributed by atoms with van der Waals surface area (Å²) in [6.45, 7) is 5.75. The molecule has 0 aromatic heterocycles. The van der Waals surface area contributed by atoms with Crippen molar-refractivity contribution in [3.8, 4) is 5.75 Å². The molecular formula is C14H18ClNO4S. The van der Waals surface area contributed by atoms with Crippen LogP contribution in [0.2, 0.25) is 0 Å². The van der Waals surface area contributed by atoms with E-state index in [2.05, 4.69) is 5.32 Å². The molecular weight excluding hydrogens is 314 g/mol. The zero-order valence-electron chi connectivity index (χ0n) is 12.4. The van der Waals surface area contributed by atoms with E-state index in [1.165, 1.54) is 13.2 Å². The summed E-state index contributed by atoms with van der Waals surface area (Å²) < 4.78 is 28.4. The van der Waals surface area contributed by atoms with Gasteiger partial charge in [0, 0.05) is 16.6 Å². The summed E-state index contributed by atoms with van der Waals surface area (Å²) in [4.78, 5) is 12.0. The van der Waals surface area contributed by atoms with Gasteiger partial charge in [-0.2, -0.15) is 0 Å². The maximum Gasteiger partial charge on any atom is 0.265 e. The first-order chi connectivity index (χ1) is 9.56. The van der Waals surface area contributed by atoms with E-state index in [-0.39, 0.29) is 27.9 Å². The molecule has 2 rings (SSSR count). The van der Waals surface area contributed by atoms with Gasteiger partial charge in [-0.25, -0.2) is 8.42 Å². The molecule has 1 fully saturated rings. The van der Waals surface area contributed by atoms with Gasteiger partial charge >= 0.3 is 0 Å². The zero-order valence-corrected chi connectivity index (χ0v) is 13.9. The van der Waals surface area contributed by atoms with Crippen LogP contribution in [0.4, 0.5) is 5.69 Å². The molecule has 1 aromatic rings. The number of nitrogens with one attached hydrogen (secondary N) is 1. The summed E-state index contributed by atoms with van der Waals surface area (Å²) in [5.74, 6) is -0.150. The molecule has 0 aliphatic heterocycles. The summed E-state index contributed by atoms with van der Waals surface area (Å²) in [6.07, 6.45) is 0.813. The van der Waals surface area contributed by atoms with E-state index in [4.69, 9.17) is 15.4 Å². The fraction of sp³-hybridized carbons (Fsp3) is 0.500. The number of rotatable bonds is 4. The first kappa shape index (κ1) is 16.1. The van der Waals surface area contributed by atoms with Crippen LogP contribution in [0.25, 0.3) is 0 Å². The Morgan fingerprint density at radius 3 is 2.43 bits per heavy atom. The number of aryl methyl sites for hydroxylation is 1. The minimum absolute atomic E-state index is 0.0114. The summed E-state index contributed by atoms with van der Waals surface area (Å²) in [6, 6.07) is 3.08. The van der Waals surface area contributed by atoms with Crippen LogP contribution in [0.15, 0.2) is 17.0 Å². The number of benzene rings is 1. The molecule has 1 unspecified atom stereocenters. The number of carbonyl (C=O) groups is 1. The van der Waals surface area contributed by atoms with Crippen molar-refractivity contribution in [1.82, 2.24) is 0 Å². The van der Waals surface area contributed by atoms with Crippen LogP contribution in [-0.2, 0) is 13.8 Å². The number of halogens is 1. The Kier molecular flexibility index (Phi) is 3.97. The third-order valence-corrected chi connectivity index (χ3v) is 5.08. The number of hydrogen-bond acceptors (Lipinski definition) is 4. The highest BCUT2D eigenvalue weighted by molar-refractivity contribution is 8.13. The van der Waals surface area contributed by atoms with Crippen molar-refractivity contribution in [2.45, 2.75) is 32.1 Å². The zero-order chi connectivity index (χ0) is 16.0. The fourth-order valence-electron chi connectivity index (χ4n) is 2.36. The fourth-order valence-corrected chi connectivity index (χ4v) is 3.44. The quantitative estimate of drug-likeness (QED) is 0.861. The molecule has 116 valence electrons. The number of amides is 1. The van der Waals surface area contributed by atoms with Crippen molar-refractivity contribution >= 4 is 31.3 Å². The molecule has 0 heterocycles. The Bertz CT molecular complexity index is 697. The Morgan fingerprint density at radius 1 is 1.43 bits per heavy atom. The van der Waals surface area contributed by atoms with Crippen LogP contribution in [0.3, 0.4) is 0 Å². The van der Waals surface area contributed by atoms with Gasteiger partial charge in [0.2, 0.25) is 5.91 Å². The van der Waals surface area contributed by atoms with Gasteiger partial charge in [0.1, 0.15) is 4.90 Å². The average molecular weight is 332 g/mol. The van der Waals surface area contributed by atoms with Crippen molar-refractivity contribution in [1.29, 1.82) is 0 Å². The SMILES string of the molecule is COc1c(NC(=O)C2CC2(C)C)cc(C)cc1S(=O)(=O)Cl. The van der Waals surface area contributed by atoms with Crippen molar-refractivity contribution < 1.29 is 17.9 Å². The third-order valence-electron chi connectivity index (χ3n) is 3.75. The van der Waals surface area contributed by atoms with Gasteiger partial charge in [0.05, 0.1) is 12.8 Å². The highest BCUT2D eigenvalue weighted by Gasteiger charge is 2.50. The van der Waals surface area contributed by atoms with E-state index < -0.39 is 9.05 Å². The number of anilines is 1. The van der Waals surface area contributed by atoms with Crippen molar-refractivity contribution in [3.05, 3.63) is 17.7 Å². The molecule has 1 saturated carbocycles. The van der Waals surface area contributed by atoms with Crippen LogP contribution in [-0.4, -0.2) is 21.4 Å². The summed E-state index contributed by atoms with van der Waals surface area (Å²) >= 11 is 0. The Hall–Kier alpha value is -1.27. The Labute approximate surface area is 129 Å². The standard InChI is InChI=1S/C14H18ClNO4S/c1-8-5-10(16-13(17)9-7-14(9,2)3)12(20-4)11(6-8)21(15,18)19/h5-6,9H,7H2,1-4H3,(H,16,17). The molecule has 1 aromatic carbocycles. The molecule has 0 spiro atoms. The third kappa shape index (κ3) is 3.32. The van der Waals surface area contributed by atoms with E-state index in [0.717, 1.165) is 6.42 Å². The molecule has 5 nitrogen and oxygen atoms in total. The lowest BCUT2D eigenvalue weighted by Gasteiger charge is -2.14. The van der Waals surface area contributed by atoms with E-state index in [9.17, 15) is 13.2 Å². The summed E-state index contributed by atoms with van der Waals surface area (Å²) in [5.41, 5.74) is 0.979. The van der Waals surface area contributed by atoms with Gasteiger partial charge < -0.3 is 10.1 Å². The lowest BCUT2D eigenvalue weighted by Crippen LogP contribution is -2.17. The first-order valence-electron chi connectivity index (χ1n) is 6.50. The smallest absolute Gasteiger partial charge is 0.265 e. The van der Waals surface area contributed by atoms with Gasteiger partial charge in [-0.15, -0.1) is 0 Å². The number of hydrogen-bond donors (Lipinski definition) is 1. The molecule has 1 amide bonds.